The van der Waals surface area contributed by atoms with Gasteiger partial charge in [-0.3, -0.25) is 4.79 Å². The van der Waals surface area contributed by atoms with Crippen molar-refractivity contribution in [2.75, 3.05) is 11.9 Å². The highest BCUT2D eigenvalue weighted by atomic mass is 16.5. The van der Waals surface area contributed by atoms with E-state index in [1.807, 2.05) is 0 Å². The van der Waals surface area contributed by atoms with Gasteiger partial charge in [-0.1, -0.05) is 0 Å². The highest BCUT2D eigenvalue weighted by Crippen LogP contribution is 2.39. The number of hydrogen-bond donors (Lipinski definition) is 2. The Balaban J connectivity index is 1.55. The van der Waals surface area contributed by atoms with Crippen LogP contribution in [0, 0.1) is 5.92 Å². The Hall–Kier alpha value is -2.08. The van der Waals surface area contributed by atoms with Gasteiger partial charge in [-0.05, 0) is 43.5 Å². The molecule has 2 saturated heterocycles. The maximum Gasteiger partial charge on any atom is 0.341 e. The summed E-state index contributed by atoms with van der Waals surface area (Å²) < 4.78 is 10.7. The minimum atomic E-state index is -1.02. The molecule has 112 valence electrons. The molecule has 1 amide bonds. The fourth-order valence-electron chi connectivity index (χ4n) is 2.93. The molecule has 3 atom stereocenters. The Morgan fingerprint density at radius 2 is 2.05 bits per heavy atom. The van der Waals surface area contributed by atoms with Crippen LogP contribution in [-0.4, -0.2) is 35.8 Å². The van der Waals surface area contributed by atoms with Gasteiger partial charge in [0.25, 0.3) is 0 Å². The lowest BCUT2D eigenvalue weighted by Crippen LogP contribution is -2.30. The maximum atomic E-state index is 12.2. The first-order valence-corrected chi connectivity index (χ1v) is 7.03. The zero-order valence-electron chi connectivity index (χ0n) is 11.5. The Morgan fingerprint density at radius 3 is 2.62 bits per heavy atom. The van der Waals surface area contributed by atoms with Crippen molar-refractivity contribution in [1.29, 1.82) is 0 Å². The van der Waals surface area contributed by atoms with Crippen molar-refractivity contribution in [3.63, 3.8) is 0 Å². The van der Waals surface area contributed by atoms with Crippen LogP contribution < -0.4 is 10.1 Å². The fraction of sp³-hybridized carbons (Fsp3) is 0.467. The third-order valence-electron chi connectivity index (χ3n) is 3.93. The molecule has 2 bridgehead atoms. The van der Waals surface area contributed by atoms with Crippen molar-refractivity contribution < 1.29 is 24.2 Å². The van der Waals surface area contributed by atoms with E-state index in [1.54, 1.807) is 24.3 Å². The zero-order chi connectivity index (χ0) is 14.8. The highest BCUT2D eigenvalue weighted by molar-refractivity contribution is 5.93. The Morgan fingerprint density at radius 1 is 1.29 bits per heavy atom. The molecule has 3 unspecified atom stereocenters. The summed E-state index contributed by atoms with van der Waals surface area (Å²) in [5, 5.41) is 11.4. The first-order valence-electron chi connectivity index (χ1n) is 7.03. The summed E-state index contributed by atoms with van der Waals surface area (Å²) in [4.78, 5) is 22.6. The van der Waals surface area contributed by atoms with Crippen molar-refractivity contribution in [3.05, 3.63) is 24.3 Å². The van der Waals surface area contributed by atoms with E-state index in [0.29, 0.717) is 11.4 Å². The molecule has 6 heteroatoms. The lowest BCUT2D eigenvalue weighted by molar-refractivity contribution is -0.139. The molecule has 2 aliphatic heterocycles. The van der Waals surface area contributed by atoms with Gasteiger partial charge in [0, 0.05) is 5.69 Å². The number of carboxylic acid groups (broad SMARTS) is 1. The summed E-state index contributed by atoms with van der Waals surface area (Å²) in [6.45, 7) is -0.381. The molecule has 2 aliphatic rings. The van der Waals surface area contributed by atoms with Crippen molar-refractivity contribution in [2.45, 2.75) is 31.5 Å². The SMILES string of the molecule is O=C(O)COc1ccc(NC(=O)C2CC3CCC2O3)cc1. The average molecular weight is 291 g/mol. The summed E-state index contributed by atoms with van der Waals surface area (Å²) in [6.07, 6.45) is 3.14. The van der Waals surface area contributed by atoms with Gasteiger partial charge in [0.2, 0.25) is 5.91 Å². The lowest BCUT2D eigenvalue weighted by Gasteiger charge is -2.18. The molecule has 21 heavy (non-hydrogen) atoms. The molecule has 0 aromatic heterocycles. The molecular weight excluding hydrogens is 274 g/mol. The molecule has 2 heterocycles. The summed E-state index contributed by atoms with van der Waals surface area (Å²) >= 11 is 0. The van der Waals surface area contributed by atoms with Gasteiger partial charge < -0.3 is 19.9 Å². The lowest BCUT2D eigenvalue weighted by atomic mass is 9.88. The number of aliphatic carboxylic acids is 1. The standard InChI is InChI=1S/C15H17NO5/c17-14(18)8-20-10-3-1-9(2-4-10)16-15(19)12-7-11-5-6-13(12)21-11/h1-4,11-13H,5-8H2,(H,16,19)(H,17,18). The number of fused-ring (bicyclic) bond motifs is 2. The predicted molar refractivity (Wildman–Crippen MR) is 74.2 cm³/mol. The van der Waals surface area contributed by atoms with Crippen LogP contribution in [0.4, 0.5) is 5.69 Å². The summed E-state index contributed by atoms with van der Waals surface area (Å²) in [5.74, 6) is -0.643. The van der Waals surface area contributed by atoms with E-state index in [9.17, 15) is 9.59 Å². The number of hydrogen-bond acceptors (Lipinski definition) is 4. The predicted octanol–water partition coefficient (Wildman–Crippen LogP) is 1.66. The van der Waals surface area contributed by atoms with Crippen LogP contribution in [-0.2, 0) is 14.3 Å². The van der Waals surface area contributed by atoms with Crippen LogP contribution >= 0.6 is 0 Å². The van der Waals surface area contributed by atoms with Gasteiger partial charge in [0.15, 0.2) is 6.61 Å². The summed E-state index contributed by atoms with van der Waals surface area (Å²) in [5.41, 5.74) is 0.672. The van der Waals surface area contributed by atoms with E-state index in [0.717, 1.165) is 19.3 Å². The molecule has 3 rings (SSSR count). The van der Waals surface area contributed by atoms with Gasteiger partial charge in [-0.15, -0.1) is 0 Å². The molecular formula is C15H17NO5. The molecule has 6 nitrogen and oxygen atoms in total. The quantitative estimate of drug-likeness (QED) is 0.861. The van der Waals surface area contributed by atoms with Crippen LogP contribution in [0.15, 0.2) is 24.3 Å². The summed E-state index contributed by atoms with van der Waals surface area (Å²) in [7, 11) is 0. The van der Waals surface area contributed by atoms with Crippen LogP contribution in [0.1, 0.15) is 19.3 Å². The highest BCUT2D eigenvalue weighted by Gasteiger charge is 2.44. The van der Waals surface area contributed by atoms with E-state index in [2.05, 4.69) is 5.32 Å². The molecule has 2 N–H and O–H groups in total. The number of benzene rings is 1. The molecule has 0 spiro atoms. The van der Waals surface area contributed by atoms with E-state index in [-0.39, 0.29) is 30.6 Å². The third kappa shape index (κ3) is 3.16. The topological polar surface area (TPSA) is 84.9 Å². The van der Waals surface area contributed by atoms with Crippen molar-refractivity contribution in [2.24, 2.45) is 5.92 Å². The smallest absolute Gasteiger partial charge is 0.341 e. The van der Waals surface area contributed by atoms with Gasteiger partial charge >= 0.3 is 5.97 Å². The van der Waals surface area contributed by atoms with E-state index in [1.165, 1.54) is 0 Å². The number of carbonyl (C=O) groups is 2. The van der Waals surface area contributed by atoms with Crippen LogP contribution in [0.25, 0.3) is 0 Å². The second kappa shape index (κ2) is 5.73. The van der Waals surface area contributed by atoms with E-state index < -0.39 is 5.97 Å². The number of carbonyl (C=O) groups excluding carboxylic acids is 1. The molecule has 1 aromatic carbocycles. The first kappa shape index (κ1) is 13.9. The minimum absolute atomic E-state index is 0.0126. The maximum absolute atomic E-state index is 12.2. The van der Waals surface area contributed by atoms with Crippen molar-refractivity contribution in [3.8, 4) is 5.75 Å². The van der Waals surface area contributed by atoms with E-state index in [4.69, 9.17) is 14.6 Å². The summed E-state index contributed by atoms with van der Waals surface area (Å²) in [6, 6.07) is 6.66. The van der Waals surface area contributed by atoms with Crippen LogP contribution in [0.3, 0.4) is 0 Å². The Bertz CT molecular complexity index is 541. The third-order valence-corrected chi connectivity index (χ3v) is 3.93. The number of amides is 1. The zero-order valence-corrected chi connectivity index (χ0v) is 11.5. The van der Waals surface area contributed by atoms with Crippen LogP contribution in [0.5, 0.6) is 5.75 Å². The largest absolute Gasteiger partial charge is 0.482 e. The minimum Gasteiger partial charge on any atom is -0.482 e. The second-order valence-corrected chi connectivity index (χ2v) is 5.41. The number of nitrogens with one attached hydrogen (secondary N) is 1. The van der Waals surface area contributed by atoms with Crippen LogP contribution in [0.2, 0.25) is 0 Å². The Kier molecular flexibility index (Phi) is 3.79. The van der Waals surface area contributed by atoms with Crippen molar-refractivity contribution >= 4 is 17.6 Å². The van der Waals surface area contributed by atoms with Gasteiger partial charge in [0.05, 0.1) is 18.1 Å². The molecule has 2 fully saturated rings. The first-order chi connectivity index (χ1) is 10.1. The fourth-order valence-corrected chi connectivity index (χ4v) is 2.93. The monoisotopic (exact) mass is 291 g/mol. The van der Waals surface area contributed by atoms with Gasteiger partial charge in [-0.2, -0.15) is 0 Å². The second-order valence-electron chi connectivity index (χ2n) is 5.41. The number of rotatable bonds is 5. The normalized spacial score (nSPS) is 26.6. The number of ether oxygens (including phenoxy) is 2. The van der Waals surface area contributed by atoms with E-state index >= 15 is 0 Å². The molecule has 0 aliphatic carbocycles. The number of anilines is 1. The molecule has 1 aromatic rings. The number of carboxylic acids is 1. The molecule has 0 saturated carbocycles. The van der Waals surface area contributed by atoms with Gasteiger partial charge in [0.1, 0.15) is 5.75 Å². The van der Waals surface area contributed by atoms with Crippen molar-refractivity contribution in [1.82, 2.24) is 0 Å². The Labute approximate surface area is 122 Å². The average Bonchev–Trinajstić information content (AvgIpc) is 3.09. The molecule has 0 radical (unpaired) electrons. The van der Waals surface area contributed by atoms with Gasteiger partial charge in [-0.25, -0.2) is 4.79 Å².